The highest BCUT2D eigenvalue weighted by Crippen LogP contribution is 2.31. The Labute approximate surface area is 123 Å². The maximum atomic E-state index is 12.2. The van der Waals surface area contributed by atoms with Crippen LogP contribution in [0.25, 0.3) is 0 Å². The summed E-state index contributed by atoms with van der Waals surface area (Å²) in [6, 6.07) is 4.03. The Bertz CT molecular complexity index is 559. The predicted molar refractivity (Wildman–Crippen MR) is 78.2 cm³/mol. The molecule has 0 radical (unpaired) electrons. The third-order valence-corrected chi connectivity index (χ3v) is 4.39. The summed E-state index contributed by atoms with van der Waals surface area (Å²) in [6.07, 6.45) is 2.84. The van der Waals surface area contributed by atoms with Gasteiger partial charge in [-0.05, 0) is 37.2 Å². The molecule has 1 fully saturated rings. The van der Waals surface area contributed by atoms with Crippen LogP contribution in [0.4, 0.5) is 5.69 Å². The first-order chi connectivity index (χ1) is 9.90. The molecular weight excluding hydrogens is 272 g/mol. The first kappa shape index (κ1) is 15.3. The van der Waals surface area contributed by atoms with E-state index in [1.165, 1.54) is 18.2 Å². The minimum Gasteiger partial charge on any atom is -0.502 e. The maximum Gasteiger partial charge on any atom is 0.311 e. The highest BCUT2D eigenvalue weighted by Gasteiger charge is 2.27. The van der Waals surface area contributed by atoms with E-state index >= 15 is 0 Å². The molecule has 0 aromatic heterocycles. The molecular formula is C15H20N2O4. The van der Waals surface area contributed by atoms with Gasteiger partial charge in [-0.3, -0.25) is 14.9 Å². The Kier molecular flexibility index (Phi) is 4.45. The van der Waals surface area contributed by atoms with E-state index in [0.29, 0.717) is 11.8 Å². The maximum absolute atomic E-state index is 12.2. The second kappa shape index (κ2) is 6.11. The largest absolute Gasteiger partial charge is 0.502 e. The average Bonchev–Trinajstić information content (AvgIpc) is 2.42. The van der Waals surface area contributed by atoms with Gasteiger partial charge in [0.05, 0.1) is 10.5 Å². The Morgan fingerprint density at radius 1 is 1.33 bits per heavy atom. The summed E-state index contributed by atoms with van der Waals surface area (Å²) in [5.41, 5.74) is -0.497. The van der Waals surface area contributed by atoms with E-state index in [2.05, 4.69) is 19.2 Å². The molecule has 21 heavy (non-hydrogen) atoms. The molecule has 3 unspecified atom stereocenters. The molecule has 3 atom stereocenters. The molecule has 0 heterocycles. The van der Waals surface area contributed by atoms with Gasteiger partial charge in [0.25, 0.3) is 5.91 Å². The van der Waals surface area contributed by atoms with Crippen LogP contribution < -0.4 is 5.32 Å². The van der Waals surface area contributed by atoms with Crippen molar-refractivity contribution in [1.29, 1.82) is 0 Å². The van der Waals surface area contributed by atoms with E-state index < -0.39 is 22.3 Å². The quantitative estimate of drug-likeness (QED) is 0.661. The lowest BCUT2D eigenvalue weighted by atomic mass is 9.79. The van der Waals surface area contributed by atoms with Crippen LogP contribution >= 0.6 is 0 Å². The number of rotatable bonds is 3. The van der Waals surface area contributed by atoms with Crippen LogP contribution in [0.2, 0.25) is 0 Å². The van der Waals surface area contributed by atoms with Gasteiger partial charge in [0.2, 0.25) is 5.75 Å². The van der Waals surface area contributed by atoms with Gasteiger partial charge in [0.15, 0.2) is 0 Å². The summed E-state index contributed by atoms with van der Waals surface area (Å²) in [7, 11) is 0. The van der Waals surface area contributed by atoms with Gasteiger partial charge < -0.3 is 10.4 Å². The van der Waals surface area contributed by atoms with E-state index in [-0.39, 0.29) is 11.6 Å². The van der Waals surface area contributed by atoms with Crippen LogP contribution in [-0.2, 0) is 0 Å². The van der Waals surface area contributed by atoms with E-state index in [9.17, 15) is 20.0 Å². The number of amides is 1. The summed E-state index contributed by atoms with van der Waals surface area (Å²) in [6.45, 7) is 4.36. The van der Waals surface area contributed by atoms with Crippen LogP contribution in [0.3, 0.4) is 0 Å². The topological polar surface area (TPSA) is 92.5 Å². The molecule has 1 saturated carbocycles. The normalized spacial score (nSPS) is 25.3. The predicted octanol–water partition coefficient (Wildman–Crippen LogP) is 2.85. The van der Waals surface area contributed by atoms with Crippen molar-refractivity contribution in [3.63, 3.8) is 0 Å². The third kappa shape index (κ3) is 3.32. The molecule has 2 N–H and O–H groups in total. The van der Waals surface area contributed by atoms with Crippen LogP contribution in [0.15, 0.2) is 18.2 Å². The zero-order valence-corrected chi connectivity index (χ0v) is 12.2. The fourth-order valence-corrected chi connectivity index (χ4v) is 2.80. The molecule has 1 aromatic rings. The SMILES string of the molecule is CC1CCC(NC(=O)c2cccc([N+](=O)[O-])c2O)CC1C. The van der Waals surface area contributed by atoms with Crippen LogP contribution in [-0.4, -0.2) is 22.0 Å². The minimum absolute atomic E-state index is 0.0459. The molecule has 0 aliphatic heterocycles. The number of para-hydroxylation sites is 1. The number of nitrogens with zero attached hydrogens (tertiary/aromatic N) is 1. The Morgan fingerprint density at radius 2 is 2.05 bits per heavy atom. The average molecular weight is 292 g/mol. The van der Waals surface area contributed by atoms with E-state index in [4.69, 9.17) is 0 Å². The third-order valence-electron chi connectivity index (χ3n) is 4.39. The fourth-order valence-electron chi connectivity index (χ4n) is 2.80. The summed E-state index contributed by atoms with van der Waals surface area (Å²) >= 11 is 0. The number of carbonyl (C=O) groups is 1. The molecule has 2 rings (SSSR count). The monoisotopic (exact) mass is 292 g/mol. The fraction of sp³-hybridized carbons (Fsp3) is 0.533. The zero-order valence-electron chi connectivity index (χ0n) is 12.2. The first-order valence-corrected chi connectivity index (χ1v) is 7.17. The number of phenolic OH excluding ortho intramolecular Hbond substituents is 1. The van der Waals surface area contributed by atoms with Gasteiger partial charge >= 0.3 is 5.69 Å². The summed E-state index contributed by atoms with van der Waals surface area (Å²) in [4.78, 5) is 22.3. The number of carbonyl (C=O) groups excluding carboxylic acids is 1. The van der Waals surface area contributed by atoms with Gasteiger partial charge in [-0.25, -0.2) is 0 Å². The molecule has 6 heteroatoms. The second-order valence-corrected chi connectivity index (χ2v) is 5.87. The Morgan fingerprint density at radius 3 is 2.67 bits per heavy atom. The second-order valence-electron chi connectivity index (χ2n) is 5.87. The van der Waals surface area contributed by atoms with Crippen LogP contribution in [0.1, 0.15) is 43.5 Å². The summed E-state index contributed by atoms with van der Waals surface area (Å²) in [5, 5.41) is 23.5. The highest BCUT2D eigenvalue weighted by atomic mass is 16.6. The Hall–Kier alpha value is -2.11. The number of aromatic hydroxyl groups is 1. The molecule has 1 aliphatic rings. The Balaban J connectivity index is 2.11. The van der Waals surface area contributed by atoms with E-state index in [1.807, 2.05) is 0 Å². The summed E-state index contributed by atoms with van der Waals surface area (Å²) in [5.74, 6) is 0.146. The van der Waals surface area contributed by atoms with Gasteiger partial charge in [-0.15, -0.1) is 0 Å². The van der Waals surface area contributed by atoms with Gasteiger partial charge in [0, 0.05) is 12.1 Å². The van der Waals surface area contributed by atoms with Crippen molar-refractivity contribution in [3.05, 3.63) is 33.9 Å². The molecule has 1 aliphatic carbocycles. The molecule has 1 aromatic carbocycles. The van der Waals surface area contributed by atoms with Crippen LogP contribution in [0, 0.1) is 22.0 Å². The smallest absolute Gasteiger partial charge is 0.311 e. The molecule has 0 spiro atoms. The van der Waals surface area contributed by atoms with Crippen molar-refractivity contribution in [2.45, 2.75) is 39.2 Å². The number of hydrogen-bond donors (Lipinski definition) is 2. The molecule has 0 bridgehead atoms. The molecule has 6 nitrogen and oxygen atoms in total. The lowest BCUT2D eigenvalue weighted by Gasteiger charge is -2.32. The number of nitro groups is 1. The van der Waals surface area contributed by atoms with Gasteiger partial charge in [-0.1, -0.05) is 19.9 Å². The number of nitrogens with one attached hydrogen (secondary N) is 1. The molecule has 114 valence electrons. The van der Waals surface area contributed by atoms with Crippen molar-refractivity contribution in [2.75, 3.05) is 0 Å². The summed E-state index contributed by atoms with van der Waals surface area (Å²) < 4.78 is 0. The van der Waals surface area contributed by atoms with Crippen LogP contribution in [0.5, 0.6) is 5.75 Å². The number of benzene rings is 1. The van der Waals surface area contributed by atoms with Crippen molar-refractivity contribution >= 4 is 11.6 Å². The van der Waals surface area contributed by atoms with Crippen molar-refractivity contribution in [1.82, 2.24) is 5.32 Å². The first-order valence-electron chi connectivity index (χ1n) is 7.17. The van der Waals surface area contributed by atoms with E-state index in [1.54, 1.807) is 0 Å². The lowest BCUT2D eigenvalue weighted by Crippen LogP contribution is -2.39. The van der Waals surface area contributed by atoms with Gasteiger partial charge in [0.1, 0.15) is 0 Å². The number of nitro benzene ring substituents is 1. The van der Waals surface area contributed by atoms with Crippen molar-refractivity contribution < 1.29 is 14.8 Å². The minimum atomic E-state index is -0.698. The number of phenols is 1. The lowest BCUT2D eigenvalue weighted by molar-refractivity contribution is -0.385. The molecule has 0 saturated heterocycles. The van der Waals surface area contributed by atoms with Gasteiger partial charge in [-0.2, -0.15) is 0 Å². The van der Waals surface area contributed by atoms with Crippen molar-refractivity contribution in [2.24, 2.45) is 11.8 Å². The molecule has 1 amide bonds. The van der Waals surface area contributed by atoms with E-state index in [0.717, 1.165) is 19.3 Å². The number of hydrogen-bond acceptors (Lipinski definition) is 4. The highest BCUT2D eigenvalue weighted by molar-refractivity contribution is 5.98. The zero-order chi connectivity index (χ0) is 15.6. The van der Waals surface area contributed by atoms with Crippen molar-refractivity contribution in [3.8, 4) is 5.75 Å². The standard InChI is InChI=1S/C15H20N2O4/c1-9-6-7-11(8-10(9)2)16-15(19)12-4-3-5-13(14(12)18)17(20)21/h3-5,9-11,18H,6-8H2,1-2H3,(H,16,19).